The number of halogens is 1. The van der Waals surface area contributed by atoms with Gasteiger partial charge in [0.1, 0.15) is 11.4 Å². The predicted octanol–water partition coefficient (Wildman–Crippen LogP) is 6.76. The minimum Gasteiger partial charge on any atom is -0.454 e. The maximum absolute atomic E-state index is 13.4. The summed E-state index contributed by atoms with van der Waals surface area (Å²) < 4.78 is 16.3. The first-order valence-corrected chi connectivity index (χ1v) is 13.3. The van der Waals surface area contributed by atoms with Crippen LogP contribution in [0, 0.1) is 0 Å². The van der Waals surface area contributed by atoms with E-state index in [0.29, 0.717) is 38.9 Å². The molecule has 1 aliphatic rings. The standard InChI is InChI=1S/C32H24ClN3O5/c1-2-19-9-7-11-23-28(22-10-4-5-12-24(22)33)30(35-29(19)23)31(37)36-34-17-21-8-3-6-13-25(21)41-32(38)20-14-15-26-27(16-20)40-18-39-26/h3-17,35H,2,18H2,1H3,(H,36,37). The van der Waals surface area contributed by atoms with Crippen molar-refractivity contribution < 1.29 is 23.8 Å². The van der Waals surface area contributed by atoms with Crippen molar-refractivity contribution in [3.8, 4) is 28.4 Å². The molecule has 2 heterocycles. The molecule has 6 rings (SSSR count). The van der Waals surface area contributed by atoms with Crippen molar-refractivity contribution in [2.45, 2.75) is 13.3 Å². The Kier molecular flexibility index (Phi) is 7.14. The first kappa shape index (κ1) is 26.2. The molecule has 0 saturated carbocycles. The summed E-state index contributed by atoms with van der Waals surface area (Å²) in [6.45, 7) is 2.17. The van der Waals surface area contributed by atoms with Crippen molar-refractivity contribution in [3.05, 3.63) is 112 Å². The number of nitrogens with zero attached hydrogens (tertiary/aromatic N) is 1. The molecule has 0 radical (unpaired) electrons. The normalized spacial score (nSPS) is 12.1. The molecule has 9 heteroatoms. The molecule has 0 bridgehead atoms. The second kappa shape index (κ2) is 11.2. The van der Waals surface area contributed by atoms with E-state index in [0.717, 1.165) is 28.5 Å². The Bertz CT molecular complexity index is 1830. The average molecular weight is 566 g/mol. The van der Waals surface area contributed by atoms with Gasteiger partial charge in [-0.05, 0) is 48.4 Å². The number of carbonyl (C=O) groups excluding carboxylic acids is 2. The SMILES string of the molecule is CCc1cccc2c(-c3ccccc3Cl)c(C(=O)NN=Cc3ccccc3OC(=O)c3ccc4c(c3)OCO4)[nH]c12. The summed E-state index contributed by atoms with van der Waals surface area (Å²) >= 11 is 6.55. The summed E-state index contributed by atoms with van der Waals surface area (Å²) in [5.74, 6) is 0.328. The van der Waals surface area contributed by atoms with E-state index in [-0.39, 0.29) is 12.5 Å². The van der Waals surface area contributed by atoms with Crippen LogP contribution in [0.3, 0.4) is 0 Å². The summed E-state index contributed by atoms with van der Waals surface area (Å²) in [5, 5.41) is 5.60. The Hall–Kier alpha value is -5.08. The lowest BCUT2D eigenvalue weighted by atomic mass is 9.99. The molecule has 204 valence electrons. The van der Waals surface area contributed by atoms with E-state index in [2.05, 4.69) is 22.4 Å². The molecule has 4 aromatic carbocycles. The van der Waals surface area contributed by atoms with Crippen molar-refractivity contribution in [1.82, 2.24) is 10.4 Å². The van der Waals surface area contributed by atoms with Crippen LogP contribution >= 0.6 is 11.6 Å². The van der Waals surface area contributed by atoms with Gasteiger partial charge in [-0.15, -0.1) is 0 Å². The lowest BCUT2D eigenvalue weighted by Crippen LogP contribution is -2.19. The number of esters is 1. The molecule has 5 aromatic rings. The van der Waals surface area contributed by atoms with Gasteiger partial charge in [0.15, 0.2) is 11.5 Å². The Morgan fingerprint density at radius 2 is 1.80 bits per heavy atom. The number of ether oxygens (including phenoxy) is 3. The van der Waals surface area contributed by atoms with Crippen molar-refractivity contribution in [2.24, 2.45) is 5.10 Å². The minimum atomic E-state index is -0.567. The number of aryl methyl sites for hydroxylation is 1. The molecule has 0 saturated heterocycles. The Labute approximate surface area is 240 Å². The van der Waals surface area contributed by atoms with Crippen molar-refractivity contribution in [2.75, 3.05) is 6.79 Å². The van der Waals surface area contributed by atoms with Gasteiger partial charge >= 0.3 is 5.97 Å². The van der Waals surface area contributed by atoms with Crippen LogP contribution in [0.1, 0.15) is 38.9 Å². The molecule has 8 nitrogen and oxygen atoms in total. The number of carbonyl (C=O) groups is 2. The van der Waals surface area contributed by atoms with Gasteiger partial charge in [-0.3, -0.25) is 4.79 Å². The van der Waals surface area contributed by atoms with E-state index in [4.69, 9.17) is 25.8 Å². The molecule has 0 fully saturated rings. The third-order valence-corrected chi connectivity index (χ3v) is 7.10. The highest BCUT2D eigenvalue weighted by Gasteiger charge is 2.22. The lowest BCUT2D eigenvalue weighted by molar-refractivity contribution is 0.0733. The number of aromatic nitrogens is 1. The van der Waals surface area contributed by atoms with E-state index in [9.17, 15) is 9.59 Å². The summed E-state index contributed by atoms with van der Waals surface area (Å²) in [4.78, 5) is 29.6. The highest BCUT2D eigenvalue weighted by Crippen LogP contribution is 2.38. The zero-order valence-corrected chi connectivity index (χ0v) is 22.7. The van der Waals surface area contributed by atoms with E-state index in [1.54, 1.807) is 48.5 Å². The lowest BCUT2D eigenvalue weighted by Gasteiger charge is -2.08. The van der Waals surface area contributed by atoms with Crippen LogP contribution in [0.4, 0.5) is 0 Å². The fourth-order valence-electron chi connectivity index (χ4n) is 4.77. The van der Waals surface area contributed by atoms with Crippen LogP contribution < -0.4 is 19.6 Å². The Morgan fingerprint density at radius 1 is 1.00 bits per heavy atom. The molecule has 0 aliphatic carbocycles. The third kappa shape index (κ3) is 5.13. The summed E-state index contributed by atoms with van der Waals surface area (Å²) in [6, 6.07) is 25.1. The third-order valence-electron chi connectivity index (χ3n) is 6.77. The molecule has 1 amide bonds. The zero-order chi connectivity index (χ0) is 28.3. The van der Waals surface area contributed by atoms with Gasteiger partial charge in [-0.1, -0.05) is 67.1 Å². The number of hydrazone groups is 1. The maximum atomic E-state index is 13.4. The second-order valence-corrected chi connectivity index (χ2v) is 9.65. The smallest absolute Gasteiger partial charge is 0.343 e. The first-order valence-electron chi connectivity index (χ1n) is 13.0. The number of para-hydroxylation sites is 2. The molecule has 1 aromatic heterocycles. The average Bonchev–Trinajstić information content (AvgIpc) is 3.62. The predicted molar refractivity (Wildman–Crippen MR) is 157 cm³/mol. The van der Waals surface area contributed by atoms with E-state index < -0.39 is 11.9 Å². The van der Waals surface area contributed by atoms with Gasteiger partial charge in [0.25, 0.3) is 5.91 Å². The van der Waals surface area contributed by atoms with E-state index in [1.807, 2.05) is 36.4 Å². The Morgan fingerprint density at radius 3 is 2.66 bits per heavy atom. The minimum absolute atomic E-state index is 0.108. The van der Waals surface area contributed by atoms with Crippen molar-refractivity contribution >= 4 is 40.6 Å². The summed E-state index contributed by atoms with van der Waals surface area (Å²) in [6.07, 6.45) is 2.22. The number of aromatic amines is 1. The second-order valence-electron chi connectivity index (χ2n) is 9.24. The van der Waals surface area contributed by atoms with Gasteiger partial charge in [-0.25, -0.2) is 10.2 Å². The van der Waals surface area contributed by atoms with E-state index in [1.165, 1.54) is 6.21 Å². The number of hydrogen-bond donors (Lipinski definition) is 2. The molecular weight excluding hydrogens is 542 g/mol. The number of rotatable bonds is 7. The number of nitrogens with one attached hydrogen (secondary N) is 2. The largest absolute Gasteiger partial charge is 0.454 e. The topological polar surface area (TPSA) is 102 Å². The highest BCUT2D eigenvalue weighted by atomic mass is 35.5. The van der Waals surface area contributed by atoms with Gasteiger partial charge in [-0.2, -0.15) is 5.10 Å². The van der Waals surface area contributed by atoms with Crippen LogP contribution in [0.15, 0.2) is 90.0 Å². The van der Waals surface area contributed by atoms with Crippen LogP contribution in [0.25, 0.3) is 22.0 Å². The number of fused-ring (bicyclic) bond motifs is 2. The van der Waals surface area contributed by atoms with Gasteiger partial charge in [0, 0.05) is 32.6 Å². The van der Waals surface area contributed by atoms with Crippen LogP contribution in [-0.2, 0) is 6.42 Å². The van der Waals surface area contributed by atoms with Gasteiger partial charge < -0.3 is 19.2 Å². The van der Waals surface area contributed by atoms with Crippen molar-refractivity contribution in [1.29, 1.82) is 0 Å². The fourth-order valence-corrected chi connectivity index (χ4v) is 5.00. The molecule has 1 aliphatic heterocycles. The molecule has 0 unspecified atom stereocenters. The summed E-state index contributed by atoms with van der Waals surface area (Å²) in [7, 11) is 0. The number of H-pyrrole nitrogens is 1. The Balaban J connectivity index is 1.26. The molecule has 2 N–H and O–H groups in total. The van der Waals surface area contributed by atoms with Crippen LogP contribution in [0.2, 0.25) is 5.02 Å². The maximum Gasteiger partial charge on any atom is 0.343 e. The monoisotopic (exact) mass is 565 g/mol. The number of benzene rings is 4. The van der Waals surface area contributed by atoms with Crippen molar-refractivity contribution in [3.63, 3.8) is 0 Å². The highest BCUT2D eigenvalue weighted by molar-refractivity contribution is 6.34. The van der Waals surface area contributed by atoms with Crippen LogP contribution in [-0.4, -0.2) is 29.9 Å². The summed E-state index contributed by atoms with van der Waals surface area (Å²) in [5.41, 5.74) is 7.15. The zero-order valence-electron chi connectivity index (χ0n) is 21.9. The molecular formula is C32H24ClN3O5. The van der Waals surface area contributed by atoms with Gasteiger partial charge in [0.2, 0.25) is 6.79 Å². The quantitative estimate of drug-likeness (QED) is 0.0982. The molecule has 0 atom stereocenters. The van der Waals surface area contributed by atoms with E-state index >= 15 is 0 Å². The number of amides is 1. The van der Waals surface area contributed by atoms with Crippen LogP contribution in [0.5, 0.6) is 17.2 Å². The van der Waals surface area contributed by atoms with Gasteiger partial charge in [0.05, 0.1) is 11.8 Å². The molecule has 41 heavy (non-hydrogen) atoms. The fraction of sp³-hybridized carbons (Fsp3) is 0.0938. The molecule has 0 spiro atoms. The number of hydrogen-bond acceptors (Lipinski definition) is 6. The first-order chi connectivity index (χ1) is 20.0.